The van der Waals surface area contributed by atoms with Crippen LogP contribution in [0, 0.1) is 0 Å². The third kappa shape index (κ3) is 3.56. The first kappa shape index (κ1) is 12.0. The van der Waals surface area contributed by atoms with Crippen LogP contribution in [0.1, 0.15) is 18.9 Å². The van der Waals surface area contributed by atoms with Crippen LogP contribution >= 0.6 is 31.9 Å². The Morgan fingerprint density at radius 1 is 1.29 bits per heavy atom. The van der Waals surface area contributed by atoms with E-state index in [-0.39, 0.29) is 6.61 Å². The summed E-state index contributed by atoms with van der Waals surface area (Å²) in [5.41, 5.74) is 2.13. The van der Waals surface area contributed by atoms with Crippen LogP contribution in [0.5, 0.6) is 0 Å². The summed E-state index contributed by atoms with van der Waals surface area (Å²) in [6.45, 7) is 2.16. The van der Waals surface area contributed by atoms with E-state index in [2.05, 4.69) is 31.9 Å². The molecule has 0 amide bonds. The second kappa shape index (κ2) is 5.69. The van der Waals surface area contributed by atoms with Crippen molar-refractivity contribution < 1.29 is 5.11 Å². The zero-order chi connectivity index (χ0) is 10.6. The van der Waals surface area contributed by atoms with Crippen LogP contribution in [0.25, 0.3) is 6.08 Å². The summed E-state index contributed by atoms with van der Waals surface area (Å²) in [4.78, 5) is 0. The summed E-state index contributed by atoms with van der Waals surface area (Å²) in [6.07, 6.45) is 2.89. The van der Waals surface area contributed by atoms with Crippen LogP contribution in [0.4, 0.5) is 0 Å². The summed E-state index contributed by atoms with van der Waals surface area (Å²) in [5, 5.41) is 9.03. The van der Waals surface area contributed by atoms with Gasteiger partial charge in [0.25, 0.3) is 0 Å². The Morgan fingerprint density at radius 2 is 1.86 bits per heavy atom. The molecule has 0 saturated carbocycles. The Morgan fingerprint density at radius 3 is 2.29 bits per heavy atom. The van der Waals surface area contributed by atoms with E-state index in [0.717, 1.165) is 26.5 Å². The smallest absolute Gasteiger partial charge is 0.0644 e. The van der Waals surface area contributed by atoms with Gasteiger partial charge in [0.1, 0.15) is 0 Å². The van der Waals surface area contributed by atoms with Gasteiger partial charge in [-0.3, -0.25) is 0 Å². The van der Waals surface area contributed by atoms with E-state index >= 15 is 0 Å². The first-order chi connectivity index (χ1) is 6.65. The SMILES string of the molecule is CC/C(=C/c1cc(Br)cc(Br)c1)CO. The lowest BCUT2D eigenvalue weighted by Crippen LogP contribution is -1.88. The van der Waals surface area contributed by atoms with Gasteiger partial charge < -0.3 is 5.11 Å². The molecule has 14 heavy (non-hydrogen) atoms. The van der Waals surface area contributed by atoms with Crippen LogP contribution in [0.2, 0.25) is 0 Å². The molecule has 0 spiro atoms. The minimum atomic E-state index is 0.126. The number of hydrogen-bond acceptors (Lipinski definition) is 1. The lowest BCUT2D eigenvalue weighted by Gasteiger charge is -2.01. The summed E-state index contributed by atoms with van der Waals surface area (Å²) in [7, 11) is 0. The fraction of sp³-hybridized carbons (Fsp3) is 0.273. The second-order valence-corrected chi connectivity index (χ2v) is 4.85. The first-order valence-electron chi connectivity index (χ1n) is 4.42. The monoisotopic (exact) mass is 318 g/mol. The van der Waals surface area contributed by atoms with Gasteiger partial charge in [0, 0.05) is 8.95 Å². The lowest BCUT2D eigenvalue weighted by atomic mass is 10.1. The maximum atomic E-state index is 9.03. The van der Waals surface area contributed by atoms with Gasteiger partial charge in [0.15, 0.2) is 0 Å². The van der Waals surface area contributed by atoms with Gasteiger partial charge in [-0.15, -0.1) is 0 Å². The largest absolute Gasteiger partial charge is 0.392 e. The minimum absolute atomic E-state index is 0.126. The van der Waals surface area contributed by atoms with Crippen molar-refractivity contribution in [2.24, 2.45) is 0 Å². The van der Waals surface area contributed by atoms with Crippen LogP contribution < -0.4 is 0 Å². The number of hydrogen-bond donors (Lipinski definition) is 1. The molecule has 1 nitrogen and oxygen atoms in total. The molecule has 0 saturated heterocycles. The molecule has 1 N–H and O–H groups in total. The van der Waals surface area contributed by atoms with E-state index in [1.54, 1.807) is 0 Å². The van der Waals surface area contributed by atoms with Gasteiger partial charge in [0.2, 0.25) is 0 Å². The Kier molecular flexibility index (Phi) is 4.85. The molecule has 0 heterocycles. The van der Waals surface area contributed by atoms with Gasteiger partial charge >= 0.3 is 0 Å². The molecule has 0 unspecified atom stereocenters. The molecule has 0 aliphatic rings. The third-order valence-electron chi connectivity index (χ3n) is 1.91. The van der Waals surface area contributed by atoms with Crippen LogP contribution in [-0.2, 0) is 0 Å². The Labute approximate surface area is 101 Å². The Bertz CT molecular complexity index is 319. The van der Waals surface area contributed by atoms with E-state index in [0.29, 0.717) is 0 Å². The highest BCUT2D eigenvalue weighted by atomic mass is 79.9. The van der Waals surface area contributed by atoms with Crippen molar-refractivity contribution in [2.45, 2.75) is 13.3 Å². The van der Waals surface area contributed by atoms with Crippen LogP contribution in [0.3, 0.4) is 0 Å². The van der Waals surface area contributed by atoms with E-state index in [1.165, 1.54) is 0 Å². The van der Waals surface area contributed by atoms with Crippen molar-refractivity contribution in [3.8, 4) is 0 Å². The fourth-order valence-corrected chi connectivity index (χ4v) is 2.48. The quantitative estimate of drug-likeness (QED) is 0.893. The summed E-state index contributed by atoms with van der Waals surface area (Å²) in [6, 6.07) is 6.04. The highest BCUT2D eigenvalue weighted by Gasteiger charge is 1.97. The molecule has 0 bridgehead atoms. The average Bonchev–Trinajstić information content (AvgIpc) is 2.12. The van der Waals surface area contributed by atoms with E-state index in [4.69, 9.17) is 5.11 Å². The third-order valence-corrected chi connectivity index (χ3v) is 2.83. The molecule has 0 radical (unpaired) electrons. The molecule has 3 heteroatoms. The minimum Gasteiger partial charge on any atom is -0.392 e. The molecule has 1 aromatic carbocycles. The predicted molar refractivity (Wildman–Crippen MR) is 67.2 cm³/mol. The van der Waals surface area contributed by atoms with Crippen molar-refractivity contribution in [3.05, 3.63) is 38.3 Å². The molecule has 0 aliphatic heterocycles. The van der Waals surface area contributed by atoms with Gasteiger partial charge in [-0.05, 0) is 35.8 Å². The number of aliphatic hydroxyl groups is 1. The van der Waals surface area contributed by atoms with E-state index in [9.17, 15) is 0 Å². The van der Waals surface area contributed by atoms with Crippen LogP contribution in [-0.4, -0.2) is 11.7 Å². The first-order valence-corrected chi connectivity index (χ1v) is 6.00. The zero-order valence-corrected chi connectivity index (χ0v) is 11.1. The molecule has 0 atom stereocenters. The molecular formula is C11H12Br2O. The average molecular weight is 320 g/mol. The lowest BCUT2D eigenvalue weighted by molar-refractivity contribution is 0.329. The zero-order valence-electron chi connectivity index (χ0n) is 7.93. The molecule has 76 valence electrons. The van der Waals surface area contributed by atoms with Gasteiger partial charge in [0.05, 0.1) is 6.61 Å². The van der Waals surface area contributed by atoms with Crippen molar-refractivity contribution in [3.63, 3.8) is 0 Å². The van der Waals surface area contributed by atoms with Crippen molar-refractivity contribution in [2.75, 3.05) is 6.61 Å². The molecule has 1 aromatic rings. The summed E-state index contributed by atoms with van der Waals surface area (Å²) < 4.78 is 2.07. The number of rotatable bonds is 3. The molecule has 0 aliphatic carbocycles. The highest BCUT2D eigenvalue weighted by molar-refractivity contribution is 9.11. The maximum Gasteiger partial charge on any atom is 0.0644 e. The second-order valence-electron chi connectivity index (χ2n) is 3.02. The number of aliphatic hydroxyl groups excluding tert-OH is 1. The summed E-state index contributed by atoms with van der Waals surface area (Å²) in [5.74, 6) is 0. The molecule has 0 fully saturated rings. The summed E-state index contributed by atoms with van der Waals surface area (Å²) >= 11 is 6.85. The topological polar surface area (TPSA) is 20.2 Å². The normalized spacial score (nSPS) is 11.9. The van der Waals surface area contributed by atoms with Crippen LogP contribution in [0.15, 0.2) is 32.7 Å². The number of benzene rings is 1. The van der Waals surface area contributed by atoms with Crippen molar-refractivity contribution >= 4 is 37.9 Å². The van der Waals surface area contributed by atoms with Gasteiger partial charge in [-0.25, -0.2) is 0 Å². The van der Waals surface area contributed by atoms with E-state index < -0.39 is 0 Å². The highest BCUT2D eigenvalue weighted by Crippen LogP contribution is 2.22. The van der Waals surface area contributed by atoms with Gasteiger partial charge in [-0.1, -0.05) is 44.9 Å². The van der Waals surface area contributed by atoms with Crippen molar-refractivity contribution in [1.82, 2.24) is 0 Å². The fourth-order valence-electron chi connectivity index (χ4n) is 1.15. The standard InChI is InChI=1S/C11H12Br2O/c1-2-8(7-14)3-9-4-10(12)6-11(13)5-9/h3-6,14H,2,7H2,1H3/b8-3-. The number of halogens is 2. The van der Waals surface area contributed by atoms with E-state index in [1.807, 2.05) is 31.2 Å². The van der Waals surface area contributed by atoms with Gasteiger partial charge in [-0.2, -0.15) is 0 Å². The maximum absolute atomic E-state index is 9.03. The molecule has 1 rings (SSSR count). The Hall–Kier alpha value is -0.120. The van der Waals surface area contributed by atoms with Crippen molar-refractivity contribution in [1.29, 1.82) is 0 Å². The molecular weight excluding hydrogens is 308 g/mol. The Balaban J connectivity index is 3.01. The molecule has 0 aromatic heterocycles. The predicted octanol–water partition coefficient (Wildman–Crippen LogP) is 4.00.